The molecule has 4 amide bonds. The molecule has 2 rings (SSSR count). The van der Waals surface area contributed by atoms with Gasteiger partial charge in [-0.25, -0.2) is 4.79 Å². The molecule has 44 heavy (non-hydrogen) atoms. The molecule has 0 aliphatic carbocycles. The van der Waals surface area contributed by atoms with Gasteiger partial charge in [-0.1, -0.05) is 56.3 Å². The number of carbonyl (C=O) groups is 5. The number of amides is 4. The van der Waals surface area contributed by atoms with Gasteiger partial charge in [0.1, 0.15) is 17.8 Å². The van der Waals surface area contributed by atoms with E-state index < -0.39 is 60.8 Å². The number of hydrogen-bond acceptors (Lipinski definition) is 8. The fourth-order valence-electron chi connectivity index (χ4n) is 4.10. The molecule has 0 aliphatic heterocycles. The normalized spacial score (nSPS) is 12.7. The fraction of sp³-hybridized carbons (Fsp3) is 0.452. The molecule has 0 unspecified atom stereocenters. The molecule has 0 aromatic heterocycles. The number of phenolic OH excluding ortho intramolecular Hbond substituents is 1. The van der Waals surface area contributed by atoms with E-state index in [1.54, 1.807) is 38.1 Å². The summed E-state index contributed by atoms with van der Waals surface area (Å²) in [6, 6.07) is 12.4. The quantitative estimate of drug-likeness (QED) is 0.148. The number of ether oxygens (including phenoxy) is 1. The highest BCUT2D eigenvalue weighted by molar-refractivity contribution is 5.93. The van der Waals surface area contributed by atoms with Gasteiger partial charge in [-0.2, -0.15) is 0 Å². The van der Waals surface area contributed by atoms with Crippen molar-refractivity contribution in [3.8, 4) is 5.75 Å². The number of nitrogens with two attached hydrogens (primary N) is 1. The molecule has 0 saturated heterocycles. The van der Waals surface area contributed by atoms with Crippen LogP contribution in [-0.2, 0) is 41.6 Å². The van der Waals surface area contributed by atoms with Crippen LogP contribution in [0, 0.1) is 5.92 Å². The second-order valence-corrected chi connectivity index (χ2v) is 11.0. The highest BCUT2D eigenvalue weighted by Gasteiger charge is 2.29. The predicted octanol–water partition coefficient (Wildman–Crippen LogP) is 1.13. The van der Waals surface area contributed by atoms with E-state index in [-0.39, 0.29) is 43.0 Å². The molecular weight excluding hydrogens is 590 g/mol. The molecular formula is C31H44ClN5O7. The van der Waals surface area contributed by atoms with E-state index in [1.165, 1.54) is 12.1 Å². The van der Waals surface area contributed by atoms with Crippen molar-refractivity contribution < 1.29 is 33.8 Å². The summed E-state index contributed by atoms with van der Waals surface area (Å²) in [5, 5.41) is 19.5. The van der Waals surface area contributed by atoms with Crippen molar-refractivity contribution in [2.75, 3.05) is 13.1 Å². The highest BCUT2D eigenvalue weighted by atomic mass is 35.5. The van der Waals surface area contributed by atoms with Gasteiger partial charge in [0.05, 0.1) is 25.2 Å². The molecule has 0 bridgehead atoms. The van der Waals surface area contributed by atoms with Crippen molar-refractivity contribution in [3.63, 3.8) is 0 Å². The zero-order valence-corrected chi connectivity index (χ0v) is 26.3. The molecule has 2 aromatic rings. The Hall–Kier alpha value is -4.16. The molecule has 2 aromatic carbocycles. The Morgan fingerprint density at radius 2 is 1.34 bits per heavy atom. The predicted molar refractivity (Wildman–Crippen MR) is 168 cm³/mol. The first-order valence-corrected chi connectivity index (χ1v) is 14.3. The summed E-state index contributed by atoms with van der Waals surface area (Å²) in [4.78, 5) is 63.3. The minimum Gasteiger partial charge on any atom is -0.508 e. The van der Waals surface area contributed by atoms with Crippen LogP contribution in [0.25, 0.3) is 0 Å². The van der Waals surface area contributed by atoms with Crippen LogP contribution in [-0.4, -0.2) is 72.0 Å². The first-order valence-electron chi connectivity index (χ1n) is 14.3. The molecule has 12 nitrogen and oxygen atoms in total. The maximum Gasteiger partial charge on any atom is 0.328 e. The number of carbonyl (C=O) groups excluding carboxylic acids is 5. The third kappa shape index (κ3) is 14.3. The maximum atomic E-state index is 13.3. The average molecular weight is 634 g/mol. The van der Waals surface area contributed by atoms with Crippen LogP contribution >= 0.6 is 12.4 Å². The number of phenols is 1. The average Bonchev–Trinajstić information content (AvgIpc) is 2.95. The Labute approximate surface area is 264 Å². The van der Waals surface area contributed by atoms with Crippen molar-refractivity contribution in [2.45, 2.75) is 71.2 Å². The second kappa shape index (κ2) is 19.2. The molecule has 3 atom stereocenters. The first-order chi connectivity index (χ1) is 20.3. The van der Waals surface area contributed by atoms with Gasteiger partial charge in [0.15, 0.2) is 0 Å². The Bertz CT molecular complexity index is 1230. The lowest BCUT2D eigenvalue weighted by Crippen LogP contribution is -2.54. The topological polar surface area (TPSA) is 189 Å². The molecule has 0 heterocycles. The van der Waals surface area contributed by atoms with E-state index in [0.717, 1.165) is 11.1 Å². The number of halogens is 1. The van der Waals surface area contributed by atoms with E-state index in [2.05, 4.69) is 21.3 Å². The van der Waals surface area contributed by atoms with Crippen LogP contribution in [0.4, 0.5) is 0 Å². The standard InChI is InChI=1S/C31H43N5O7.ClH/c1-19(2)14-26(31(42)43-20(3)4)36-30(41)25(16-21-8-6-5-7-9-21)35-28(39)18-33-27(38)17-34-29(40)24(32)15-22-10-12-23(37)13-11-22;/h5-13,19-20,24-26,37H,14-18,32H2,1-4H3,(H,33,38)(H,34,40)(H,35,39)(H,36,41);1H/t24-,25-,26-;/m0./s1. The minimum atomic E-state index is -1.04. The number of aromatic hydroxyl groups is 1. The van der Waals surface area contributed by atoms with Crippen LogP contribution in [0.15, 0.2) is 54.6 Å². The summed E-state index contributed by atoms with van der Waals surface area (Å²) in [7, 11) is 0. The van der Waals surface area contributed by atoms with E-state index in [9.17, 15) is 29.1 Å². The van der Waals surface area contributed by atoms with E-state index in [0.29, 0.717) is 6.42 Å². The number of nitrogens with one attached hydrogen (secondary N) is 4. The molecule has 7 N–H and O–H groups in total. The third-order valence-electron chi connectivity index (χ3n) is 6.19. The summed E-state index contributed by atoms with van der Waals surface area (Å²) in [5.41, 5.74) is 7.43. The second-order valence-electron chi connectivity index (χ2n) is 11.0. The Morgan fingerprint density at radius 1 is 0.750 bits per heavy atom. The monoisotopic (exact) mass is 633 g/mol. The van der Waals surface area contributed by atoms with Crippen molar-refractivity contribution in [1.82, 2.24) is 21.3 Å². The Balaban J connectivity index is 0.00000968. The van der Waals surface area contributed by atoms with Gasteiger partial charge in [-0.05, 0) is 55.9 Å². The lowest BCUT2D eigenvalue weighted by Gasteiger charge is -2.24. The van der Waals surface area contributed by atoms with Crippen molar-refractivity contribution >= 4 is 42.0 Å². The van der Waals surface area contributed by atoms with Gasteiger partial charge in [-0.3, -0.25) is 19.2 Å². The van der Waals surface area contributed by atoms with Crippen LogP contribution in [0.2, 0.25) is 0 Å². The Morgan fingerprint density at radius 3 is 1.93 bits per heavy atom. The molecule has 0 saturated carbocycles. The van der Waals surface area contributed by atoms with Crippen molar-refractivity contribution in [3.05, 3.63) is 65.7 Å². The van der Waals surface area contributed by atoms with E-state index >= 15 is 0 Å². The highest BCUT2D eigenvalue weighted by Crippen LogP contribution is 2.11. The van der Waals surface area contributed by atoms with Gasteiger partial charge in [0.2, 0.25) is 23.6 Å². The molecule has 0 aliphatic rings. The lowest BCUT2D eigenvalue weighted by molar-refractivity contribution is -0.152. The molecule has 242 valence electrons. The first kappa shape index (κ1) is 37.9. The summed E-state index contributed by atoms with van der Waals surface area (Å²) in [6.45, 7) is 6.42. The number of esters is 1. The van der Waals surface area contributed by atoms with E-state index in [1.807, 2.05) is 32.0 Å². The number of benzene rings is 2. The largest absolute Gasteiger partial charge is 0.508 e. The van der Waals surface area contributed by atoms with Crippen LogP contribution in [0.3, 0.4) is 0 Å². The Kier molecular flexibility index (Phi) is 16.5. The van der Waals surface area contributed by atoms with Crippen LogP contribution < -0.4 is 27.0 Å². The summed E-state index contributed by atoms with van der Waals surface area (Å²) in [6.07, 6.45) is 0.342. The summed E-state index contributed by atoms with van der Waals surface area (Å²) in [5.74, 6) is -2.76. The molecule has 0 spiro atoms. The summed E-state index contributed by atoms with van der Waals surface area (Å²) < 4.78 is 5.31. The van der Waals surface area contributed by atoms with Crippen molar-refractivity contribution in [1.29, 1.82) is 0 Å². The zero-order chi connectivity index (χ0) is 31.9. The van der Waals surface area contributed by atoms with Gasteiger partial charge >= 0.3 is 5.97 Å². The zero-order valence-electron chi connectivity index (χ0n) is 25.5. The van der Waals surface area contributed by atoms with Crippen molar-refractivity contribution in [2.24, 2.45) is 11.7 Å². The van der Waals surface area contributed by atoms with Crippen LogP contribution in [0.5, 0.6) is 5.75 Å². The molecule has 0 fully saturated rings. The fourth-order valence-corrected chi connectivity index (χ4v) is 4.10. The maximum absolute atomic E-state index is 13.3. The smallest absolute Gasteiger partial charge is 0.328 e. The lowest BCUT2D eigenvalue weighted by atomic mass is 10.0. The van der Waals surface area contributed by atoms with Gasteiger partial charge < -0.3 is 36.8 Å². The third-order valence-corrected chi connectivity index (χ3v) is 6.19. The summed E-state index contributed by atoms with van der Waals surface area (Å²) >= 11 is 0. The van der Waals surface area contributed by atoms with E-state index in [4.69, 9.17) is 10.5 Å². The molecule has 13 heteroatoms. The number of hydrogen-bond donors (Lipinski definition) is 6. The van der Waals surface area contributed by atoms with Gasteiger partial charge in [-0.15, -0.1) is 12.4 Å². The SMILES string of the molecule is CC(C)C[C@H](NC(=O)[C@H](Cc1ccccc1)NC(=O)CNC(=O)CNC(=O)[C@@H](N)Cc1ccc(O)cc1)C(=O)OC(C)C.Cl. The number of rotatable bonds is 16. The minimum absolute atomic E-state index is 0. The van der Waals surface area contributed by atoms with Gasteiger partial charge in [0.25, 0.3) is 0 Å². The van der Waals surface area contributed by atoms with Gasteiger partial charge in [0, 0.05) is 6.42 Å². The van der Waals surface area contributed by atoms with Crippen LogP contribution in [0.1, 0.15) is 45.2 Å². The molecule has 0 radical (unpaired) electrons.